The van der Waals surface area contributed by atoms with Crippen LogP contribution in [0.1, 0.15) is 47.0 Å². The van der Waals surface area contributed by atoms with Crippen LogP contribution in [-0.2, 0) is 0 Å². The number of allylic oxidation sites excluding steroid dienone is 2. The number of oxime groups is 1. The van der Waals surface area contributed by atoms with E-state index in [1.165, 1.54) is 18.4 Å². The minimum atomic E-state index is 0.304. The van der Waals surface area contributed by atoms with Crippen molar-refractivity contribution in [1.29, 1.82) is 0 Å². The molecule has 0 heterocycles. The third-order valence-electron chi connectivity index (χ3n) is 4.93. The smallest absolute Gasteiger partial charge is 0.0824 e. The van der Waals surface area contributed by atoms with Crippen LogP contribution in [0.2, 0.25) is 0 Å². The average molecular weight is 207 g/mol. The van der Waals surface area contributed by atoms with Gasteiger partial charge in [0.15, 0.2) is 0 Å². The molecular weight excluding hydrogens is 186 g/mol. The monoisotopic (exact) mass is 207 g/mol. The summed E-state index contributed by atoms with van der Waals surface area (Å²) in [6.45, 7) is 9.08. The molecule has 0 aliphatic heterocycles. The number of hydrogen-bond donors (Lipinski definition) is 1. The van der Waals surface area contributed by atoms with E-state index in [9.17, 15) is 0 Å². The highest BCUT2D eigenvalue weighted by molar-refractivity contribution is 6.01. The van der Waals surface area contributed by atoms with Gasteiger partial charge in [-0.25, -0.2) is 0 Å². The first-order valence-electron chi connectivity index (χ1n) is 5.90. The van der Waals surface area contributed by atoms with Crippen LogP contribution in [0.3, 0.4) is 0 Å². The van der Waals surface area contributed by atoms with Gasteiger partial charge in [0.05, 0.1) is 5.71 Å². The number of hydrogen-bond acceptors (Lipinski definition) is 2. The lowest BCUT2D eigenvalue weighted by Crippen LogP contribution is -2.27. The maximum atomic E-state index is 9.02. The molecule has 2 bridgehead atoms. The molecule has 0 amide bonds. The van der Waals surface area contributed by atoms with Gasteiger partial charge in [-0.05, 0) is 41.6 Å². The van der Waals surface area contributed by atoms with E-state index in [0.29, 0.717) is 16.7 Å². The summed E-state index contributed by atoms with van der Waals surface area (Å²) in [5.74, 6) is 0.591. The van der Waals surface area contributed by atoms with E-state index in [2.05, 4.69) is 38.9 Å². The van der Waals surface area contributed by atoms with Crippen LogP contribution in [0.4, 0.5) is 0 Å². The second-order valence-corrected chi connectivity index (χ2v) is 5.73. The standard InChI is InChI=1S/C13H21NO/c1-5-11(14-15)9-8-13(4)7-6-10(9)12(13,2)3/h8,10,15H,5-7H2,1-4H3/b14-11+/t10-,13+/m0/s1. The molecule has 84 valence electrons. The summed E-state index contributed by atoms with van der Waals surface area (Å²) in [7, 11) is 0. The van der Waals surface area contributed by atoms with Crippen molar-refractivity contribution in [1.82, 2.24) is 0 Å². The average Bonchev–Trinajstić information content (AvgIpc) is 2.50. The van der Waals surface area contributed by atoms with Crippen molar-refractivity contribution in [3.63, 3.8) is 0 Å². The first-order valence-corrected chi connectivity index (χ1v) is 5.90. The van der Waals surface area contributed by atoms with Crippen molar-refractivity contribution in [3.05, 3.63) is 11.6 Å². The topological polar surface area (TPSA) is 32.6 Å². The fraction of sp³-hybridized carbons (Fsp3) is 0.769. The summed E-state index contributed by atoms with van der Waals surface area (Å²) in [5, 5.41) is 12.5. The Balaban J connectivity index is 2.41. The predicted molar refractivity (Wildman–Crippen MR) is 62.2 cm³/mol. The minimum Gasteiger partial charge on any atom is -0.411 e. The van der Waals surface area contributed by atoms with Crippen molar-refractivity contribution in [2.24, 2.45) is 21.9 Å². The normalized spacial score (nSPS) is 38.3. The molecule has 0 spiro atoms. The van der Waals surface area contributed by atoms with Crippen LogP contribution in [0, 0.1) is 16.7 Å². The van der Waals surface area contributed by atoms with E-state index < -0.39 is 0 Å². The molecule has 2 aliphatic rings. The predicted octanol–water partition coefficient (Wildman–Crippen LogP) is 3.61. The summed E-state index contributed by atoms with van der Waals surface area (Å²) in [4.78, 5) is 0. The lowest BCUT2D eigenvalue weighted by molar-refractivity contribution is 0.180. The third kappa shape index (κ3) is 1.20. The largest absolute Gasteiger partial charge is 0.411 e. The summed E-state index contributed by atoms with van der Waals surface area (Å²) in [6.07, 6.45) is 5.70. The lowest BCUT2D eigenvalue weighted by atomic mass is 9.70. The van der Waals surface area contributed by atoms with Crippen molar-refractivity contribution in [2.45, 2.75) is 47.0 Å². The van der Waals surface area contributed by atoms with E-state index in [1.807, 2.05) is 0 Å². The molecule has 0 saturated heterocycles. The summed E-state index contributed by atoms with van der Waals surface area (Å²) >= 11 is 0. The zero-order valence-electron chi connectivity index (χ0n) is 10.2. The van der Waals surface area contributed by atoms with Crippen LogP contribution < -0.4 is 0 Å². The highest BCUT2D eigenvalue weighted by atomic mass is 16.4. The molecule has 2 nitrogen and oxygen atoms in total. The van der Waals surface area contributed by atoms with Crippen LogP contribution in [0.15, 0.2) is 16.8 Å². The molecule has 0 radical (unpaired) electrons. The maximum absolute atomic E-state index is 9.02. The lowest BCUT2D eigenvalue weighted by Gasteiger charge is -2.34. The van der Waals surface area contributed by atoms with Crippen LogP contribution in [0.25, 0.3) is 0 Å². The quantitative estimate of drug-likeness (QED) is 0.419. The Kier molecular flexibility index (Phi) is 2.21. The molecule has 2 aliphatic carbocycles. The molecule has 1 saturated carbocycles. The summed E-state index contributed by atoms with van der Waals surface area (Å²) in [5.41, 5.74) is 2.82. The molecule has 1 fully saturated rings. The molecule has 15 heavy (non-hydrogen) atoms. The Morgan fingerprint density at radius 2 is 2.20 bits per heavy atom. The molecule has 2 heteroatoms. The van der Waals surface area contributed by atoms with Gasteiger partial charge in [0.25, 0.3) is 0 Å². The Bertz CT molecular complexity index is 340. The van der Waals surface area contributed by atoms with Gasteiger partial charge >= 0.3 is 0 Å². The van der Waals surface area contributed by atoms with E-state index in [0.717, 1.165) is 12.1 Å². The van der Waals surface area contributed by atoms with Gasteiger partial charge in [0.1, 0.15) is 0 Å². The molecule has 1 N–H and O–H groups in total. The number of fused-ring (bicyclic) bond motifs is 2. The van der Waals surface area contributed by atoms with Crippen molar-refractivity contribution >= 4 is 5.71 Å². The molecule has 2 rings (SSSR count). The van der Waals surface area contributed by atoms with Gasteiger partial charge in [-0.2, -0.15) is 0 Å². The third-order valence-corrected chi connectivity index (χ3v) is 4.93. The van der Waals surface area contributed by atoms with E-state index in [4.69, 9.17) is 5.21 Å². The molecule has 0 unspecified atom stereocenters. The van der Waals surface area contributed by atoms with Gasteiger partial charge in [0.2, 0.25) is 0 Å². The van der Waals surface area contributed by atoms with Crippen LogP contribution >= 0.6 is 0 Å². The molecule has 0 aromatic carbocycles. The molecule has 0 aromatic heterocycles. The fourth-order valence-corrected chi connectivity index (χ4v) is 3.39. The molecule has 2 atom stereocenters. The summed E-state index contributed by atoms with van der Waals surface area (Å²) in [6, 6.07) is 0. The number of nitrogens with zero attached hydrogens (tertiary/aromatic N) is 1. The van der Waals surface area contributed by atoms with Gasteiger partial charge in [-0.1, -0.05) is 38.9 Å². The number of rotatable bonds is 2. The Hall–Kier alpha value is -0.790. The van der Waals surface area contributed by atoms with Gasteiger partial charge in [0, 0.05) is 0 Å². The zero-order valence-corrected chi connectivity index (χ0v) is 10.2. The highest BCUT2D eigenvalue weighted by Gasteiger charge is 2.56. The first-order chi connectivity index (χ1) is 6.96. The summed E-state index contributed by atoms with van der Waals surface area (Å²) < 4.78 is 0. The van der Waals surface area contributed by atoms with E-state index >= 15 is 0 Å². The van der Waals surface area contributed by atoms with E-state index in [1.54, 1.807) is 0 Å². The van der Waals surface area contributed by atoms with Crippen molar-refractivity contribution < 1.29 is 5.21 Å². The van der Waals surface area contributed by atoms with Gasteiger partial charge in [-0.3, -0.25) is 0 Å². The maximum Gasteiger partial charge on any atom is 0.0824 e. The van der Waals surface area contributed by atoms with Gasteiger partial charge in [-0.15, -0.1) is 0 Å². The fourth-order valence-electron chi connectivity index (χ4n) is 3.39. The molecular formula is C13H21NO. The van der Waals surface area contributed by atoms with Crippen molar-refractivity contribution in [3.8, 4) is 0 Å². The molecule has 0 aromatic rings. The Morgan fingerprint density at radius 1 is 1.53 bits per heavy atom. The van der Waals surface area contributed by atoms with Crippen LogP contribution in [-0.4, -0.2) is 10.9 Å². The second kappa shape index (κ2) is 3.10. The van der Waals surface area contributed by atoms with Crippen molar-refractivity contribution in [2.75, 3.05) is 0 Å². The Labute approximate surface area is 92.1 Å². The minimum absolute atomic E-state index is 0.304. The first kappa shape index (κ1) is 10.7. The highest BCUT2D eigenvalue weighted by Crippen LogP contribution is 2.64. The SMILES string of the molecule is CC/C(=N\O)C1=C[C@@]2(C)CC[C@@H]1C2(C)C. The zero-order chi connectivity index (χ0) is 11.3. The van der Waals surface area contributed by atoms with E-state index in [-0.39, 0.29) is 0 Å². The second-order valence-electron chi connectivity index (χ2n) is 5.73. The van der Waals surface area contributed by atoms with Crippen LogP contribution in [0.5, 0.6) is 0 Å². The van der Waals surface area contributed by atoms with Gasteiger partial charge < -0.3 is 5.21 Å². The Morgan fingerprint density at radius 3 is 2.53 bits per heavy atom.